The number of phenols is 1. The van der Waals surface area contributed by atoms with Crippen LogP contribution in [0.3, 0.4) is 0 Å². The first-order valence-electron chi connectivity index (χ1n) is 6.76. The van der Waals surface area contributed by atoms with Crippen molar-refractivity contribution in [1.82, 2.24) is 14.6 Å². The normalized spacial score (nSPS) is 11.1. The quantitative estimate of drug-likeness (QED) is 0.531. The van der Waals surface area contributed by atoms with Crippen LogP contribution in [0.4, 0.5) is 5.82 Å². The Morgan fingerprint density at radius 1 is 1.23 bits per heavy atom. The van der Waals surface area contributed by atoms with Crippen molar-refractivity contribution in [2.75, 3.05) is 5.32 Å². The molecule has 3 heterocycles. The number of hydrogen-bond acceptors (Lipinski definition) is 3. The molecule has 1 amide bonds. The number of carbonyl (C=O) groups is 1. The first kappa shape index (κ1) is 12.5. The van der Waals surface area contributed by atoms with Crippen molar-refractivity contribution in [3.05, 3.63) is 60.4 Å². The summed E-state index contributed by atoms with van der Waals surface area (Å²) in [6, 6.07) is 12.4. The zero-order valence-corrected chi connectivity index (χ0v) is 11.4. The van der Waals surface area contributed by atoms with E-state index in [0.717, 1.165) is 10.9 Å². The lowest BCUT2D eigenvalue weighted by Gasteiger charge is -2.00. The van der Waals surface area contributed by atoms with Crippen molar-refractivity contribution < 1.29 is 9.90 Å². The summed E-state index contributed by atoms with van der Waals surface area (Å²) >= 11 is 0. The standard InChI is InChI=1S/C16H12N4O2/c21-12-4-5-13-14(8-12)18-19-15(13)17-16(22)10-7-11-3-1-2-6-20(11)9-10/h1-9,21H,(H2,17,18,19,22). The lowest BCUT2D eigenvalue weighted by molar-refractivity contribution is 0.102. The fourth-order valence-electron chi connectivity index (χ4n) is 2.46. The molecule has 22 heavy (non-hydrogen) atoms. The van der Waals surface area contributed by atoms with Gasteiger partial charge in [0.05, 0.1) is 11.1 Å². The van der Waals surface area contributed by atoms with E-state index in [0.29, 0.717) is 16.9 Å². The third kappa shape index (κ3) is 1.98. The average molecular weight is 292 g/mol. The molecule has 0 saturated carbocycles. The van der Waals surface area contributed by atoms with E-state index in [1.165, 1.54) is 0 Å². The number of carbonyl (C=O) groups excluding carboxylic acids is 1. The van der Waals surface area contributed by atoms with Gasteiger partial charge in [0.15, 0.2) is 5.82 Å². The highest BCUT2D eigenvalue weighted by molar-refractivity contribution is 6.08. The predicted octanol–water partition coefficient (Wildman–Crippen LogP) is 2.77. The van der Waals surface area contributed by atoms with Crippen molar-refractivity contribution in [2.24, 2.45) is 0 Å². The van der Waals surface area contributed by atoms with Gasteiger partial charge in [-0.05, 0) is 30.3 Å². The third-order valence-corrected chi connectivity index (χ3v) is 3.55. The molecule has 0 bridgehead atoms. The SMILES string of the molecule is O=C(Nc1n[nH]c2cc(O)ccc12)c1cc2ccccn2c1. The van der Waals surface area contributed by atoms with E-state index in [2.05, 4.69) is 15.5 Å². The molecule has 0 aliphatic heterocycles. The van der Waals surface area contributed by atoms with Gasteiger partial charge in [-0.2, -0.15) is 5.10 Å². The molecule has 0 aliphatic rings. The molecule has 0 spiro atoms. The van der Waals surface area contributed by atoms with Crippen LogP contribution in [-0.2, 0) is 0 Å². The molecule has 4 rings (SSSR count). The van der Waals surface area contributed by atoms with Crippen molar-refractivity contribution in [3.8, 4) is 5.75 Å². The smallest absolute Gasteiger partial charge is 0.258 e. The summed E-state index contributed by atoms with van der Waals surface area (Å²) in [5.41, 5.74) is 2.17. The molecule has 1 aromatic carbocycles. The fourth-order valence-corrected chi connectivity index (χ4v) is 2.46. The number of fused-ring (bicyclic) bond motifs is 2. The second-order valence-electron chi connectivity index (χ2n) is 5.02. The Morgan fingerprint density at radius 3 is 3.00 bits per heavy atom. The van der Waals surface area contributed by atoms with Gasteiger partial charge in [0, 0.05) is 29.4 Å². The van der Waals surface area contributed by atoms with E-state index >= 15 is 0 Å². The van der Waals surface area contributed by atoms with E-state index in [9.17, 15) is 9.90 Å². The van der Waals surface area contributed by atoms with Gasteiger partial charge in [-0.1, -0.05) is 6.07 Å². The number of anilines is 1. The van der Waals surface area contributed by atoms with Crippen LogP contribution in [0.25, 0.3) is 16.4 Å². The predicted molar refractivity (Wildman–Crippen MR) is 83.1 cm³/mol. The number of phenolic OH excluding ortho intramolecular Hbond substituents is 1. The Balaban J connectivity index is 1.68. The third-order valence-electron chi connectivity index (χ3n) is 3.55. The largest absolute Gasteiger partial charge is 0.508 e. The van der Waals surface area contributed by atoms with Crippen molar-refractivity contribution in [1.29, 1.82) is 0 Å². The number of pyridine rings is 1. The molecule has 0 unspecified atom stereocenters. The maximum Gasteiger partial charge on any atom is 0.258 e. The molecule has 0 radical (unpaired) electrons. The molecule has 0 aliphatic carbocycles. The van der Waals surface area contributed by atoms with Crippen molar-refractivity contribution >= 4 is 28.1 Å². The first-order chi connectivity index (χ1) is 10.7. The number of aromatic hydroxyl groups is 1. The van der Waals surface area contributed by atoms with Crippen LogP contribution in [0.15, 0.2) is 54.9 Å². The highest BCUT2D eigenvalue weighted by Gasteiger charge is 2.13. The number of nitrogens with zero attached hydrogens (tertiary/aromatic N) is 2. The number of rotatable bonds is 2. The van der Waals surface area contributed by atoms with Crippen molar-refractivity contribution in [2.45, 2.75) is 0 Å². The van der Waals surface area contributed by atoms with Crippen LogP contribution < -0.4 is 5.32 Å². The molecule has 108 valence electrons. The maximum atomic E-state index is 12.4. The molecule has 3 aromatic heterocycles. The Hall–Kier alpha value is -3.28. The molecule has 6 nitrogen and oxygen atoms in total. The number of benzene rings is 1. The molecule has 4 aromatic rings. The van der Waals surface area contributed by atoms with Crippen LogP contribution in [0.1, 0.15) is 10.4 Å². The average Bonchev–Trinajstić information content (AvgIpc) is 3.11. The first-order valence-corrected chi connectivity index (χ1v) is 6.76. The van der Waals surface area contributed by atoms with Crippen LogP contribution in [0.5, 0.6) is 5.75 Å². The van der Waals surface area contributed by atoms with Gasteiger partial charge < -0.3 is 14.8 Å². The molecule has 3 N–H and O–H groups in total. The molecule has 0 atom stereocenters. The number of hydrogen-bond donors (Lipinski definition) is 3. The summed E-state index contributed by atoms with van der Waals surface area (Å²) in [6.45, 7) is 0. The van der Waals surface area contributed by atoms with E-state index in [1.807, 2.05) is 34.9 Å². The van der Waals surface area contributed by atoms with Gasteiger partial charge in [0.1, 0.15) is 5.75 Å². The van der Waals surface area contributed by atoms with Crippen LogP contribution in [0, 0.1) is 0 Å². The summed E-state index contributed by atoms with van der Waals surface area (Å²) in [5, 5.41) is 19.8. The molecule has 6 heteroatoms. The van der Waals surface area contributed by atoms with Gasteiger partial charge in [0.25, 0.3) is 5.91 Å². The molecular formula is C16H12N4O2. The van der Waals surface area contributed by atoms with E-state index in [1.54, 1.807) is 24.4 Å². The summed E-state index contributed by atoms with van der Waals surface area (Å²) in [4.78, 5) is 12.4. The monoisotopic (exact) mass is 292 g/mol. The topological polar surface area (TPSA) is 82.4 Å². The zero-order valence-electron chi connectivity index (χ0n) is 11.4. The van der Waals surface area contributed by atoms with Crippen LogP contribution in [-0.4, -0.2) is 25.6 Å². The maximum absolute atomic E-state index is 12.4. The number of amides is 1. The molecule has 0 saturated heterocycles. The Bertz CT molecular complexity index is 967. The summed E-state index contributed by atoms with van der Waals surface area (Å²) in [5.74, 6) is 0.355. The fraction of sp³-hybridized carbons (Fsp3) is 0. The summed E-state index contributed by atoms with van der Waals surface area (Å²) in [6.07, 6.45) is 3.66. The lowest BCUT2D eigenvalue weighted by Crippen LogP contribution is -2.11. The van der Waals surface area contributed by atoms with Gasteiger partial charge in [-0.25, -0.2) is 0 Å². The second kappa shape index (κ2) is 4.63. The highest BCUT2D eigenvalue weighted by atomic mass is 16.3. The van der Waals surface area contributed by atoms with Gasteiger partial charge in [-0.15, -0.1) is 0 Å². The number of nitrogens with one attached hydrogen (secondary N) is 2. The zero-order chi connectivity index (χ0) is 15.1. The number of aromatic nitrogens is 3. The van der Waals surface area contributed by atoms with Gasteiger partial charge in [-0.3, -0.25) is 9.89 Å². The van der Waals surface area contributed by atoms with E-state index in [-0.39, 0.29) is 11.7 Å². The van der Waals surface area contributed by atoms with Gasteiger partial charge >= 0.3 is 0 Å². The lowest BCUT2D eigenvalue weighted by atomic mass is 10.2. The van der Waals surface area contributed by atoms with E-state index < -0.39 is 0 Å². The minimum absolute atomic E-state index is 0.146. The van der Waals surface area contributed by atoms with Crippen molar-refractivity contribution in [3.63, 3.8) is 0 Å². The van der Waals surface area contributed by atoms with Crippen LogP contribution in [0.2, 0.25) is 0 Å². The molecule has 0 fully saturated rings. The van der Waals surface area contributed by atoms with Gasteiger partial charge in [0.2, 0.25) is 0 Å². The highest BCUT2D eigenvalue weighted by Crippen LogP contribution is 2.24. The minimum Gasteiger partial charge on any atom is -0.508 e. The Morgan fingerprint density at radius 2 is 2.14 bits per heavy atom. The summed E-state index contributed by atoms with van der Waals surface area (Å²) in [7, 11) is 0. The second-order valence-corrected chi connectivity index (χ2v) is 5.02. The Kier molecular flexibility index (Phi) is 2.62. The van der Waals surface area contributed by atoms with E-state index in [4.69, 9.17) is 0 Å². The Labute approximate surface area is 125 Å². The molecular weight excluding hydrogens is 280 g/mol. The summed E-state index contributed by atoms with van der Waals surface area (Å²) < 4.78 is 1.88. The number of H-pyrrole nitrogens is 1. The minimum atomic E-state index is -0.231. The van der Waals surface area contributed by atoms with Crippen LogP contribution >= 0.6 is 0 Å². The number of aromatic amines is 1.